The van der Waals surface area contributed by atoms with Crippen molar-refractivity contribution in [3.63, 3.8) is 0 Å². The molecule has 0 saturated heterocycles. The summed E-state index contributed by atoms with van der Waals surface area (Å²) in [5.74, 6) is 0. The maximum absolute atomic E-state index is 11.2. The minimum Gasteiger partial charge on any atom is -0.383 e. The van der Waals surface area contributed by atoms with Gasteiger partial charge in [0.1, 0.15) is 0 Å². The van der Waals surface area contributed by atoms with E-state index in [-0.39, 0.29) is 12.1 Å². The van der Waals surface area contributed by atoms with Crippen LogP contribution in [0.1, 0.15) is 13.8 Å². The fourth-order valence-electron chi connectivity index (χ4n) is 1.25. The van der Waals surface area contributed by atoms with Crippen molar-refractivity contribution < 1.29 is 4.79 Å². The van der Waals surface area contributed by atoms with Gasteiger partial charge in [-0.25, -0.2) is 4.79 Å². The Kier molecular flexibility index (Phi) is 5.19. The Morgan fingerprint density at radius 1 is 1.19 bits per heavy atom. The highest BCUT2D eigenvalue weighted by Crippen LogP contribution is 2.03. The molecule has 0 aliphatic rings. The van der Waals surface area contributed by atoms with Crippen LogP contribution in [0.5, 0.6) is 0 Å². The second-order valence-corrected chi connectivity index (χ2v) is 3.85. The fraction of sp³-hybridized carbons (Fsp3) is 0.417. The highest BCUT2D eigenvalue weighted by atomic mass is 16.2. The van der Waals surface area contributed by atoms with Gasteiger partial charge in [0.2, 0.25) is 0 Å². The topological polar surface area (TPSA) is 53.2 Å². The molecule has 3 N–H and O–H groups in total. The molecule has 1 rings (SSSR count). The van der Waals surface area contributed by atoms with Gasteiger partial charge in [-0.15, -0.1) is 0 Å². The van der Waals surface area contributed by atoms with Crippen LogP contribution in [-0.4, -0.2) is 25.2 Å². The number of benzene rings is 1. The number of hydrogen-bond donors (Lipinski definition) is 3. The van der Waals surface area contributed by atoms with Crippen LogP contribution in [0.3, 0.4) is 0 Å². The first-order chi connectivity index (χ1) is 7.68. The molecule has 0 aromatic heterocycles. The van der Waals surface area contributed by atoms with Crippen LogP contribution < -0.4 is 16.0 Å². The zero-order valence-electron chi connectivity index (χ0n) is 9.79. The molecule has 0 fully saturated rings. The number of urea groups is 1. The lowest BCUT2D eigenvalue weighted by atomic mass is 10.3. The quantitative estimate of drug-likeness (QED) is 0.664. The van der Waals surface area contributed by atoms with E-state index in [0.717, 1.165) is 12.2 Å². The number of carbonyl (C=O) groups is 1. The highest BCUT2D eigenvalue weighted by Gasteiger charge is 2.00. The molecule has 0 spiro atoms. The molecule has 1 aromatic rings. The van der Waals surface area contributed by atoms with Crippen LogP contribution >= 0.6 is 0 Å². The fourth-order valence-corrected chi connectivity index (χ4v) is 1.25. The Hall–Kier alpha value is -1.71. The summed E-state index contributed by atoms with van der Waals surface area (Å²) in [7, 11) is 0. The SMILES string of the molecule is CC(C)NC(=O)NCCNc1ccccc1. The minimum absolute atomic E-state index is 0.120. The third-order valence-corrected chi connectivity index (χ3v) is 1.93. The Labute approximate surface area is 96.4 Å². The van der Waals surface area contributed by atoms with E-state index in [9.17, 15) is 4.79 Å². The van der Waals surface area contributed by atoms with E-state index in [1.807, 2.05) is 44.2 Å². The number of hydrogen-bond acceptors (Lipinski definition) is 2. The van der Waals surface area contributed by atoms with Gasteiger partial charge in [0.15, 0.2) is 0 Å². The van der Waals surface area contributed by atoms with E-state index in [0.29, 0.717) is 6.54 Å². The van der Waals surface area contributed by atoms with Crippen molar-refractivity contribution in [2.24, 2.45) is 0 Å². The molecule has 88 valence electrons. The van der Waals surface area contributed by atoms with Gasteiger partial charge in [0.25, 0.3) is 0 Å². The Balaban J connectivity index is 2.10. The monoisotopic (exact) mass is 221 g/mol. The molecular weight excluding hydrogens is 202 g/mol. The summed E-state index contributed by atoms with van der Waals surface area (Å²) >= 11 is 0. The second-order valence-electron chi connectivity index (χ2n) is 3.85. The van der Waals surface area contributed by atoms with E-state index in [2.05, 4.69) is 16.0 Å². The molecule has 0 bridgehead atoms. The lowest BCUT2D eigenvalue weighted by molar-refractivity contribution is 0.239. The van der Waals surface area contributed by atoms with E-state index in [1.165, 1.54) is 0 Å². The van der Waals surface area contributed by atoms with Crippen molar-refractivity contribution in [1.82, 2.24) is 10.6 Å². The van der Waals surface area contributed by atoms with Crippen LogP contribution in [0, 0.1) is 0 Å². The zero-order valence-corrected chi connectivity index (χ0v) is 9.79. The molecule has 4 heteroatoms. The zero-order chi connectivity index (χ0) is 11.8. The van der Waals surface area contributed by atoms with Crippen molar-refractivity contribution in [2.45, 2.75) is 19.9 Å². The first kappa shape index (κ1) is 12.4. The lowest BCUT2D eigenvalue weighted by Crippen LogP contribution is -2.41. The summed E-state index contributed by atoms with van der Waals surface area (Å²) in [5, 5.41) is 8.75. The third-order valence-electron chi connectivity index (χ3n) is 1.93. The maximum atomic E-state index is 11.2. The summed E-state index contributed by atoms with van der Waals surface area (Å²) in [6.07, 6.45) is 0. The minimum atomic E-state index is -0.120. The highest BCUT2D eigenvalue weighted by molar-refractivity contribution is 5.74. The Bertz CT molecular complexity index is 311. The van der Waals surface area contributed by atoms with Gasteiger partial charge in [-0.3, -0.25) is 0 Å². The normalized spacial score (nSPS) is 9.94. The van der Waals surface area contributed by atoms with Crippen LogP contribution in [0.4, 0.5) is 10.5 Å². The second kappa shape index (κ2) is 6.71. The van der Waals surface area contributed by atoms with Gasteiger partial charge < -0.3 is 16.0 Å². The van der Waals surface area contributed by atoms with Gasteiger partial charge in [0.05, 0.1) is 0 Å². The lowest BCUT2D eigenvalue weighted by Gasteiger charge is -2.10. The van der Waals surface area contributed by atoms with Gasteiger partial charge in [-0.05, 0) is 26.0 Å². The molecule has 0 heterocycles. The molecule has 0 saturated carbocycles. The Morgan fingerprint density at radius 3 is 2.50 bits per heavy atom. The van der Waals surface area contributed by atoms with E-state index in [4.69, 9.17) is 0 Å². The largest absolute Gasteiger partial charge is 0.383 e. The maximum Gasteiger partial charge on any atom is 0.315 e. The molecule has 0 radical (unpaired) electrons. The Morgan fingerprint density at radius 2 is 1.88 bits per heavy atom. The average molecular weight is 221 g/mol. The van der Waals surface area contributed by atoms with Gasteiger partial charge in [0, 0.05) is 24.8 Å². The number of nitrogens with one attached hydrogen (secondary N) is 3. The third kappa shape index (κ3) is 5.24. The van der Waals surface area contributed by atoms with Crippen LogP contribution in [0.15, 0.2) is 30.3 Å². The summed E-state index contributed by atoms with van der Waals surface area (Å²) < 4.78 is 0. The standard InChI is InChI=1S/C12H19N3O/c1-10(2)15-12(16)14-9-8-13-11-6-4-3-5-7-11/h3-7,10,13H,8-9H2,1-2H3,(H2,14,15,16). The van der Waals surface area contributed by atoms with Crippen molar-refractivity contribution in [3.8, 4) is 0 Å². The number of para-hydroxylation sites is 1. The van der Waals surface area contributed by atoms with Crippen LogP contribution in [0.25, 0.3) is 0 Å². The number of amides is 2. The van der Waals surface area contributed by atoms with E-state index < -0.39 is 0 Å². The molecule has 1 aromatic carbocycles. The number of carbonyl (C=O) groups excluding carboxylic acids is 1. The predicted molar refractivity (Wildman–Crippen MR) is 66.6 cm³/mol. The molecule has 0 aliphatic carbocycles. The van der Waals surface area contributed by atoms with Crippen LogP contribution in [-0.2, 0) is 0 Å². The first-order valence-corrected chi connectivity index (χ1v) is 5.52. The van der Waals surface area contributed by atoms with Crippen molar-refractivity contribution in [3.05, 3.63) is 30.3 Å². The average Bonchev–Trinajstić information content (AvgIpc) is 2.25. The number of anilines is 1. The summed E-state index contributed by atoms with van der Waals surface area (Å²) in [4.78, 5) is 11.2. The molecule has 0 unspecified atom stereocenters. The molecule has 2 amide bonds. The molecule has 16 heavy (non-hydrogen) atoms. The van der Waals surface area contributed by atoms with Crippen molar-refractivity contribution >= 4 is 11.7 Å². The van der Waals surface area contributed by atoms with Crippen LogP contribution in [0.2, 0.25) is 0 Å². The van der Waals surface area contributed by atoms with Crippen molar-refractivity contribution in [1.29, 1.82) is 0 Å². The van der Waals surface area contributed by atoms with Gasteiger partial charge in [-0.1, -0.05) is 18.2 Å². The summed E-state index contributed by atoms with van der Waals surface area (Å²) in [5.41, 5.74) is 1.06. The smallest absolute Gasteiger partial charge is 0.315 e. The van der Waals surface area contributed by atoms with Gasteiger partial charge in [-0.2, -0.15) is 0 Å². The first-order valence-electron chi connectivity index (χ1n) is 5.52. The molecular formula is C12H19N3O. The van der Waals surface area contributed by atoms with Gasteiger partial charge >= 0.3 is 6.03 Å². The molecule has 4 nitrogen and oxygen atoms in total. The molecule has 0 atom stereocenters. The predicted octanol–water partition coefficient (Wildman–Crippen LogP) is 1.81. The van der Waals surface area contributed by atoms with E-state index >= 15 is 0 Å². The molecule has 0 aliphatic heterocycles. The van der Waals surface area contributed by atoms with Crippen molar-refractivity contribution in [2.75, 3.05) is 18.4 Å². The summed E-state index contributed by atoms with van der Waals surface area (Å²) in [6.45, 7) is 5.19. The number of rotatable bonds is 5. The van der Waals surface area contributed by atoms with E-state index in [1.54, 1.807) is 0 Å². The summed E-state index contributed by atoms with van der Waals surface area (Å²) in [6, 6.07) is 9.96.